The molecule has 4 nitrogen and oxygen atoms in total. The molecule has 2 aromatic rings. The van der Waals surface area contributed by atoms with Crippen molar-refractivity contribution in [3.63, 3.8) is 0 Å². The van der Waals surface area contributed by atoms with Gasteiger partial charge in [0.15, 0.2) is 0 Å². The van der Waals surface area contributed by atoms with E-state index in [0.717, 1.165) is 44.3 Å². The molecule has 0 saturated carbocycles. The lowest BCUT2D eigenvalue weighted by Gasteiger charge is -2.39. The van der Waals surface area contributed by atoms with E-state index in [2.05, 4.69) is 47.2 Å². The summed E-state index contributed by atoms with van der Waals surface area (Å²) in [4.78, 5) is 23.5. The summed E-state index contributed by atoms with van der Waals surface area (Å²) in [6, 6.07) is 11.0. The van der Waals surface area contributed by atoms with E-state index in [4.69, 9.17) is 0 Å². The normalized spacial score (nSPS) is 19.2. The molecule has 3 rings (SSSR count). The molecule has 1 fully saturated rings. The predicted octanol–water partition coefficient (Wildman–Crippen LogP) is 5.39. The Morgan fingerprint density at radius 3 is 2.52 bits per heavy atom. The molecule has 0 aliphatic carbocycles. The van der Waals surface area contributed by atoms with Gasteiger partial charge in [-0.15, -0.1) is 0 Å². The van der Waals surface area contributed by atoms with Crippen LogP contribution in [-0.4, -0.2) is 33.4 Å². The number of aromatic nitrogens is 2. The van der Waals surface area contributed by atoms with Crippen molar-refractivity contribution in [3.8, 4) is 0 Å². The molecule has 1 aromatic carbocycles. The number of carbonyl (C=O) groups excluding carboxylic acids is 1. The monoisotopic (exact) mass is 367 g/mol. The van der Waals surface area contributed by atoms with Crippen LogP contribution < -0.4 is 0 Å². The van der Waals surface area contributed by atoms with Crippen LogP contribution in [0.3, 0.4) is 0 Å². The fraction of sp³-hybridized carbons (Fsp3) is 0.522. The van der Waals surface area contributed by atoms with Crippen molar-refractivity contribution in [2.24, 2.45) is 0 Å². The standard InChI is InChI=1S/C21H27N3O.C2H6/c1-3-4-10-19-13-18(17-8-6-5-7-9-17)11-12-24(19)21(25)20-15-22-16(2)14-23-20;1-2/h5-9,14-15,18-19H,3-4,10-13H2,1-2H3;1-2H3/t18?,19-;/m1./s1. The zero-order valence-electron chi connectivity index (χ0n) is 17.2. The van der Waals surface area contributed by atoms with E-state index >= 15 is 0 Å². The summed E-state index contributed by atoms with van der Waals surface area (Å²) in [6.45, 7) is 8.88. The molecule has 1 saturated heterocycles. The summed E-state index contributed by atoms with van der Waals surface area (Å²) < 4.78 is 0. The number of likely N-dealkylation sites (tertiary alicyclic amines) is 1. The van der Waals surface area contributed by atoms with E-state index < -0.39 is 0 Å². The molecule has 2 atom stereocenters. The average molecular weight is 368 g/mol. The second-order valence-corrected chi connectivity index (χ2v) is 6.97. The Balaban J connectivity index is 0.00000126. The SMILES string of the molecule is CC.CCCC[C@@H]1CC(c2ccccc2)CCN1C(=O)c1cnc(C)cn1. The second kappa shape index (κ2) is 10.8. The Hall–Kier alpha value is -2.23. The number of carbonyl (C=O) groups is 1. The molecule has 4 heteroatoms. The van der Waals surface area contributed by atoms with E-state index in [1.54, 1.807) is 12.4 Å². The Morgan fingerprint density at radius 1 is 1.15 bits per heavy atom. The van der Waals surface area contributed by atoms with Crippen LogP contribution in [0.25, 0.3) is 0 Å². The van der Waals surface area contributed by atoms with Gasteiger partial charge < -0.3 is 4.90 Å². The highest BCUT2D eigenvalue weighted by atomic mass is 16.2. The molecule has 1 aromatic heterocycles. The fourth-order valence-electron chi connectivity index (χ4n) is 3.71. The summed E-state index contributed by atoms with van der Waals surface area (Å²) in [6.07, 6.45) is 8.69. The molecule has 146 valence electrons. The maximum Gasteiger partial charge on any atom is 0.274 e. The van der Waals surface area contributed by atoms with Crippen LogP contribution in [0.15, 0.2) is 42.7 Å². The number of benzene rings is 1. The number of nitrogens with zero attached hydrogens (tertiary/aromatic N) is 3. The van der Waals surface area contributed by atoms with E-state index in [-0.39, 0.29) is 11.9 Å². The number of amides is 1. The van der Waals surface area contributed by atoms with Gasteiger partial charge in [0.2, 0.25) is 0 Å². The van der Waals surface area contributed by atoms with Gasteiger partial charge in [0.25, 0.3) is 5.91 Å². The molecular weight excluding hydrogens is 334 g/mol. The molecule has 2 heterocycles. The molecule has 0 N–H and O–H groups in total. The third-order valence-corrected chi connectivity index (χ3v) is 5.14. The minimum atomic E-state index is 0.0279. The van der Waals surface area contributed by atoms with Crippen LogP contribution in [0.5, 0.6) is 0 Å². The highest BCUT2D eigenvalue weighted by Crippen LogP contribution is 2.34. The van der Waals surface area contributed by atoms with Crippen LogP contribution in [0.2, 0.25) is 0 Å². The molecule has 27 heavy (non-hydrogen) atoms. The summed E-state index contributed by atoms with van der Waals surface area (Å²) in [5.74, 6) is 0.566. The van der Waals surface area contributed by atoms with Gasteiger partial charge in [-0.25, -0.2) is 4.98 Å². The quantitative estimate of drug-likeness (QED) is 0.712. The number of unbranched alkanes of at least 4 members (excludes halogenated alkanes) is 1. The van der Waals surface area contributed by atoms with Crippen molar-refractivity contribution in [2.75, 3.05) is 6.54 Å². The van der Waals surface area contributed by atoms with Crippen LogP contribution in [0.4, 0.5) is 0 Å². The molecule has 1 amide bonds. The van der Waals surface area contributed by atoms with Gasteiger partial charge in [0.05, 0.1) is 11.9 Å². The maximum absolute atomic E-state index is 13.0. The summed E-state index contributed by atoms with van der Waals surface area (Å²) in [5.41, 5.74) is 2.69. The Morgan fingerprint density at radius 2 is 1.89 bits per heavy atom. The molecule has 1 aliphatic heterocycles. The number of piperidine rings is 1. The largest absolute Gasteiger partial charge is 0.334 e. The number of hydrogen-bond donors (Lipinski definition) is 0. The van der Waals surface area contributed by atoms with E-state index in [9.17, 15) is 4.79 Å². The van der Waals surface area contributed by atoms with Crippen molar-refractivity contribution >= 4 is 5.91 Å². The topological polar surface area (TPSA) is 46.1 Å². The lowest BCUT2D eigenvalue weighted by molar-refractivity contribution is 0.0569. The van der Waals surface area contributed by atoms with Crippen LogP contribution in [-0.2, 0) is 0 Å². The van der Waals surface area contributed by atoms with Gasteiger partial charge in [-0.3, -0.25) is 9.78 Å². The van der Waals surface area contributed by atoms with Crippen molar-refractivity contribution < 1.29 is 4.79 Å². The molecule has 0 spiro atoms. The first kappa shape index (κ1) is 21.1. The second-order valence-electron chi connectivity index (χ2n) is 6.97. The number of hydrogen-bond acceptors (Lipinski definition) is 3. The molecular formula is C23H33N3O. The minimum Gasteiger partial charge on any atom is -0.334 e. The van der Waals surface area contributed by atoms with Crippen molar-refractivity contribution in [2.45, 2.75) is 71.8 Å². The third-order valence-electron chi connectivity index (χ3n) is 5.14. The summed E-state index contributed by atoms with van der Waals surface area (Å²) in [5, 5.41) is 0. The van der Waals surface area contributed by atoms with Gasteiger partial charge in [0.1, 0.15) is 5.69 Å². The van der Waals surface area contributed by atoms with Crippen molar-refractivity contribution in [1.29, 1.82) is 0 Å². The van der Waals surface area contributed by atoms with E-state index in [0.29, 0.717) is 11.6 Å². The van der Waals surface area contributed by atoms with Crippen LogP contribution in [0.1, 0.15) is 80.5 Å². The summed E-state index contributed by atoms with van der Waals surface area (Å²) in [7, 11) is 0. The smallest absolute Gasteiger partial charge is 0.274 e. The van der Waals surface area contributed by atoms with Crippen LogP contribution >= 0.6 is 0 Å². The highest BCUT2D eigenvalue weighted by molar-refractivity contribution is 5.92. The number of rotatable bonds is 5. The first-order valence-electron chi connectivity index (χ1n) is 10.3. The molecule has 0 bridgehead atoms. The Kier molecular flexibility index (Phi) is 8.43. The first-order valence-corrected chi connectivity index (χ1v) is 10.3. The van der Waals surface area contributed by atoms with Gasteiger partial charge in [-0.1, -0.05) is 63.9 Å². The predicted molar refractivity (Wildman–Crippen MR) is 111 cm³/mol. The third kappa shape index (κ3) is 5.62. The first-order chi connectivity index (χ1) is 13.2. The van der Waals surface area contributed by atoms with Gasteiger partial charge in [0, 0.05) is 18.8 Å². The summed E-state index contributed by atoms with van der Waals surface area (Å²) >= 11 is 0. The Labute approximate surface area is 164 Å². The van der Waals surface area contributed by atoms with Crippen molar-refractivity contribution in [3.05, 3.63) is 59.7 Å². The highest BCUT2D eigenvalue weighted by Gasteiger charge is 2.32. The fourth-order valence-corrected chi connectivity index (χ4v) is 3.71. The van der Waals surface area contributed by atoms with E-state index in [1.807, 2.05) is 25.7 Å². The van der Waals surface area contributed by atoms with Crippen LogP contribution in [0, 0.1) is 6.92 Å². The molecule has 0 radical (unpaired) electrons. The zero-order chi connectivity index (χ0) is 19.6. The Bertz CT molecular complexity index is 685. The lowest BCUT2D eigenvalue weighted by atomic mass is 9.83. The van der Waals surface area contributed by atoms with E-state index in [1.165, 1.54) is 5.56 Å². The minimum absolute atomic E-state index is 0.0279. The number of aryl methyl sites for hydroxylation is 1. The lowest BCUT2D eigenvalue weighted by Crippen LogP contribution is -2.46. The average Bonchev–Trinajstić information content (AvgIpc) is 2.74. The van der Waals surface area contributed by atoms with Gasteiger partial charge in [-0.2, -0.15) is 0 Å². The molecule has 1 unspecified atom stereocenters. The van der Waals surface area contributed by atoms with Crippen molar-refractivity contribution in [1.82, 2.24) is 14.9 Å². The van der Waals surface area contributed by atoms with Gasteiger partial charge in [-0.05, 0) is 37.7 Å². The molecule has 1 aliphatic rings. The zero-order valence-corrected chi connectivity index (χ0v) is 17.2. The van der Waals surface area contributed by atoms with Gasteiger partial charge >= 0.3 is 0 Å². The maximum atomic E-state index is 13.0.